The number of benzene rings is 2. The van der Waals surface area contributed by atoms with E-state index in [1.807, 2.05) is 44.2 Å². The molecular weight excluding hydrogens is 342 g/mol. The van der Waals surface area contributed by atoms with Crippen LogP contribution in [0, 0.1) is 6.92 Å². The highest BCUT2D eigenvalue weighted by Crippen LogP contribution is 2.21. The largest absolute Gasteiger partial charge is 0.465 e. The molecule has 27 heavy (non-hydrogen) atoms. The maximum absolute atomic E-state index is 12.9. The summed E-state index contributed by atoms with van der Waals surface area (Å²) in [7, 11) is 1.33. The van der Waals surface area contributed by atoms with Crippen LogP contribution < -0.4 is 5.32 Å². The molecule has 2 aromatic carbocycles. The van der Waals surface area contributed by atoms with E-state index in [0.29, 0.717) is 23.2 Å². The number of hydrogen-bond donors (Lipinski definition) is 1. The predicted octanol–water partition coefficient (Wildman–Crippen LogP) is 3.78. The summed E-state index contributed by atoms with van der Waals surface area (Å²) >= 11 is 0. The molecule has 0 fully saturated rings. The molecule has 0 aliphatic carbocycles. The average molecular weight is 363 g/mol. The number of amides is 1. The number of methoxy groups -OCH3 is 1. The molecule has 1 N–H and O–H groups in total. The van der Waals surface area contributed by atoms with Crippen LogP contribution in [0.5, 0.6) is 0 Å². The van der Waals surface area contributed by atoms with Crippen LogP contribution >= 0.6 is 0 Å². The smallest absolute Gasteiger partial charge is 0.337 e. The number of carbonyl (C=O) groups is 2. The van der Waals surface area contributed by atoms with Crippen molar-refractivity contribution < 1.29 is 14.3 Å². The van der Waals surface area contributed by atoms with Crippen LogP contribution in [-0.4, -0.2) is 28.8 Å². The Hall–Kier alpha value is -3.41. The number of nitrogens with one attached hydrogen (secondary N) is 1. The van der Waals surface area contributed by atoms with Gasteiger partial charge in [0.05, 0.1) is 35.8 Å². The van der Waals surface area contributed by atoms with Crippen molar-refractivity contribution >= 4 is 17.6 Å². The van der Waals surface area contributed by atoms with Crippen molar-refractivity contribution in [1.82, 2.24) is 9.78 Å². The van der Waals surface area contributed by atoms with Crippen molar-refractivity contribution in [2.75, 3.05) is 12.4 Å². The van der Waals surface area contributed by atoms with Crippen LogP contribution in [0.15, 0.2) is 54.7 Å². The minimum absolute atomic E-state index is 0.265. The first-order valence-electron chi connectivity index (χ1n) is 8.67. The van der Waals surface area contributed by atoms with E-state index in [1.165, 1.54) is 7.11 Å². The SMILES string of the molecule is CCc1c(C(=O)Nc2cc(C(=O)OC)ccc2C)cnn1-c1ccccc1. The Morgan fingerprint density at radius 3 is 2.56 bits per heavy atom. The minimum Gasteiger partial charge on any atom is -0.465 e. The van der Waals surface area contributed by atoms with E-state index >= 15 is 0 Å². The second kappa shape index (κ2) is 7.86. The summed E-state index contributed by atoms with van der Waals surface area (Å²) in [4.78, 5) is 24.6. The normalized spacial score (nSPS) is 10.5. The molecule has 138 valence electrons. The molecule has 3 rings (SSSR count). The van der Waals surface area contributed by atoms with Gasteiger partial charge in [-0.05, 0) is 43.2 Å². The van der Waals surface area contributed by atoms with Crippen molar-refractivity contribution in [1.29, 1.82) is 0 Å². The summed E-state index contributed by atoms with van der Waals surface area (Å²) in [6, 6.07) is 14.7. The Morgan fingerprint density at radius 1 is 1.15 bits per heavy atom. The number of hydrogen-bond acceptors (Lipinski definition) is 4. The van der Waals surface area contributed by atoms with Crippen molar-refractivity contribution in [3.05, 3.63) is 77.1 Å². The molecule has 1 aromatic heterocycles. The van der Waals surface area contributed by atoms with Gasteiger partial charge in [0, 0.05) is 5.69 Å². The molecule has 0 saturated carbocycles. The maximum atomic E-state index is 12.9. The van der Waals surface area contributed by atoms with Gasteiger partial charge in [-0.3, -0.25) is 4.79 Å². The first kappa shape index (κ1) is 18.4. The van der Waals surface area contributed by atoms with Gasteiger partial charge >= 0.3 is 5.97 Å². The monoisotopic (exact) mass is 363 g/mol. The molecule has 0 aliphatic heterocycles. The van der Waals surface area contributed by atoms with Gasteiger partial charge in [-0.15, -0.1) is 0 Å². The van der Waals surface area contributed by atoms with Crippen molar-refractivity contribution in [3.8, 4) is 5.69 Å². The van der Waals surface area contributed by atoms with E-state index < -0.39 is 5.97 Å². The third-order valence-corrected chi connectivity index (χ3v) is 4.36. The quantitative estimate of drug-likeness (QED) is 0.700. The highest BCUT2D eigenvalue weighted by molar-refractivity contribution is 6.06. The predicted molar refractivity (Wildman–Crippen MR) is 103 cm³/mol. The fourth-order valence-corrected chi connectivity index (χ4v) is 2.89. The van der Waals surface area contributed by atoms with Gasteiger partial charge in [-0.25, -0.2) is 9.48 Å². The molecule has 0 aliphatic rings. The fourth-order valence-electron chi connectivity index (χ4n) is 2.89. The Balaban J connectivity index is 1.92. The van der Waals surface area contributed by atoms with Gasteiger partial charge in [0.25, 0.3) is 5.91 Å². The molecule has 1 heterocycles. The van der Waals surface area contributed by atoms with Gasteiger partial charge in [0.2, 0.25) is 0 Å². The molecular formula is C21H21N3O3. The van der Waals surface area contributed by atoms with Crippen LogP contribution in [-0.2, 0) is 11.2 Å². The lowest BCUT2D eigenvalue weighted by Crippen LogP contribution is -2.15. The van der Waals surface area contributed by atoms with Crippen molar-refractivity contribution in [3.63, 3.8) is 0 Å². The minimum atomic E-state index is -0.448. The van der Waals surface area contributed by atoms with Crippen LogP contribution in [0.3, 0.4) is 0 Å². The lowest BCUT2D eigenvalue weighted by Gasteiger charge is -2.11. The number of nitrogens with zero attached hydrogens (tertiary/aromatic N) is 2. The number of anilines is 1. The summed E-state index contributed by atoms with van der Waals surface area (Å²) in [6.45, 7) is 3.85. The zero-order chi connectivity index (χ0) is 19.4. The number of carbonyl (C=O) groups excluding carboxylic acids is 2. The summed E-state index contributed by atoms with van der Waals surface area (Å²) < 4.78 is 6.52. The number of aryl methyl sites for hydroxylation is 1. The van der Waals surface area contributed by atoms with E-state index in [1.54, 1.807) is 29.1 Å². The lowest BCUT2D eigenvalue weighted by atomic mass is 10.1. The number of para-hydroxylation sites is 1. The molecule has 0 spiro atoms. The first-order chi connectivity index (χ1) is 13.0. The van der Waals surface area contributed by atoms with E-state index in [0.717, 1.165) is 16.9 Å². The Morgan fingerprint density at radius 2 is 1.89 bits per heavy atom. The second-order valence-electron chi connectivity index (χ2n) is 6.08. The Labute approximate surface area is 157 Å². The molecule has 0 saturated heterocycles. The van der Waals surface area contributed by atoms with Crippen molar-refractivity contribution in [2.45, 2.75) is 20.3 Å². The summed E-state index contributed by atoms with van der Waals surface area (Å²) in [5.74, 6) is -0.712. The summed E-state index contributed by atoms with van der Waals surface area (Å²) in [5.41, 5.74) is 4.03. The van der Waals surface area contributed by atoms with Gasteiger partial charge in [-0.2, -0.15) is 5.10 Å². The molecule has 0 bridgehead atoms. The average Bonchev–Trinajstić information content (AvgIpc) is 3.14. The van der Waals surface area contributed by atoms with E-state index in [9.17, 15) is 9.59 Å². The number of aromatic nitrogens is 2. The summed E-state index contributed by atoms with van der Waals surface area (Å²) in [6.07, 6.45) is 2.22. The van der Waals surface area contributed by atoms with Crippen LogP contribution in [0.25, 0.3) is 5.69 Å². The number of esters is 1. The van der Waals surface area contributed by atoms with Gasteiger partial charge in [0.1, 0.15) is 0 Å². The third kappa shape index (κ3) is 3.74. The van der Waals surface area contributed by atoms with Gasteiger partial charge < -0.3 is 10.1 Å². The second-order valence-corrected chi connectivity index (χ2v) is 6.08. The Bertz CT molecular complexity index is 978. The van der Waals surface area contributed by atoms with Crippen molar-refractivity contribution in [2.24, 2.45) is 0 Å². The Kier molecular flexibility index (Phi) is 5.35. The molecule has 0 atom stereocenters. The van der Waals surface area contributed by atoms with E-state index in [4.69, 9.17) is 4.74 Å². The van der Waals surface area contributed by atoms with Gasteiger partial charge in [0.15, 0.2) is 0 Å². The highest BCUT2D eigenvalue weighted by Gasteiger charge is 2.18. The maximum Gasteiger partial charge on any atom is 0.337 e. The first-order valence-corrected chi connectivity index (χ1v) is 8.67. The highest BCUT2D eigenvalue weighted by atomic mass is 16.5. The zero-order valence-electron chi connectivity index (χ0n) is 15.5. The molecule has 3 aromatic rings. The standard InChI is InChI=1S/C21H21N3O3/c1-4-19-17(13-22-24(19)16-8-6-5-7-9-16)20(25)23-18-12-15(21(26)27-3)11-10-14(18)2/h5-13H,4H2,1-3H3,(H,23,25). The van der Waals surface area contributed by atoms with Crippen LogP contribution in [0.1, 0.15) is 38.9 Å². The third-order valence-electron chi connectivity index (χ3n) is 4.36. The molecule has 6 nitrogen and oxygen atoms in total. The van der Waals surface area contributed by atoms with Crippen LogP contribution in [0.4, 0.5) is 5.69 Å². The van der Waals surface area contributed by atoms with E-state index in [2.05, 4.69) is 10.4 Å². The zero-order valence-corrected chi connectivity index (χ0v) is 15.5. The topological polar surface area (TPSA) is 73.2 Å². The fraction of sp³-hybridized carbons (Fsp3) is 0.190. The molecule has 0 radical (unpaired) electrons. The molecule has 6 heteroatoms. The number of rotatable bonds is 5. The molecule has 0 unspecified atom stereocenters. The number of ether oxygens (including phenoxy) is 1. The van der Waals surface area contributed by atoms with Gasteiger partial charge in [-0.1, -0.05) is 31.2 Å². The molecule has 1 amide bonds. The summed E-state index contributed by atoms with van der Waals surface area (Å²) in [5, 5.41) is 7.27. The van der Waals surface area contributed by atoms with E-state index in [-0.39, 0.29) is 5.91 Å². The van der Waals surface area contributed by atoms with Crippen LogP contribution in [0.2, 0.25) is 0 Å². The lowest BCUT2D eigenvalue weighted by molar-refractivity contribution is 0.0600.